The highest BCUT2D eigenvalue weighted by Crippen LogP contribution is 2.31. The number of aryl methyl sites for hydroxylation is 1. The van der Waals surface area contributed by atoms with E-state index in [2.05, 4.69) is 0 Å². The van der Waals surface area contributed by atoms with E-state index in [1.165, 1.54) is 18.2 Å². The first-order valence-electron chi connectivity index (χ1n) is 9.90. The Morgan fingerprint density at radius 2 is 1.93 bits per heavy atom. The lowest BCUT2D eigenvalue weighted by atomic mass is 9.94. The molecule has 0 saturated carbocycles. The van der Waals surface area contributed by atoms with Gasteiger partial charge in [-0.3, -0.25) is 14.9 Å². The predicted molar refractivity (Wildman–Crippen MR) is 115 cm³/mol. The zero-order valence-electron chi connectivity index (χ0n) is 17.1. The standard InChI is InChI=1S/C22H25ClN2O5/c1-29-20-11-7-15(13-21(20)30-2)6-9-17-5-3-4-12-24(17)22(26)18-10-8-16(23)14-19(18)25(27)28/h7-8,10-11,13-14,17H,3-6,9,12H2,1-2H3. The molecule has 0 radical (unpaired) electrons. The number of carbonyl (C=O) groups is 1. The smallest absolute Gasteiger partial charge is 0.283 e. The van der Waals surface area contributed by atoms with Gasteiger partial charge in [0.25, 0.3) is 11.6 Å². The molecule has 0 spiro atoms. The van der Waals surface area contributed by atoms with E-state index in [1.54, 1.807) is 19.1 Å². The van der Waals surface area contributed by atoms with Crippen LogP contribution in [0.15, 0.2) is 36.4 Å². The summed E-state index contributed by atoms with van der Waals surface area (Å²) >= 11 is 5.90. The van der Waals surface area contributed by atoms with Gasteiger partial charge in [0.1, 0.15) is 5.56 Å². The molecular weight excluding hydrogens is 408 g/mol. The van der Waals surface area contributed by atoms with Crippen LogP contribution in [0.1, 0.15) is 41.6 Å². The van der Waals surface area contributed by atoms with Gasteiger partial charge in [0.2, 0.25) is 0 Å². The van der Waals surface area contributed by atoms with Crippen molar-refractivity contribution >= 4 is 23.2 Å². The number of halogens is 1. The molecule has 1 aliphatic rings. The number of ether oxygens (including phenoxy) is 2. The van der Waals surface area contributed by atoms with Crippen molar-refractivity contribution in [1.29, 1.82) is 0 Å². The number of methoxy groups -OCH3 is 2. The predicted octanol–water partition coefficient (Wildman–Crippen LogP) is 4.89. The molecule has 1 atom stereocenters. The Bertz CT molecular complexity index is 934. The summed E-state index contributed by atoms with van der Waals surface area (Å²) in [5, 5.41) is 11.7. The van der Waals surface area contributed by atoms with Crippen molar-refractivity contribution in [2.45, 2.75) is 38.1 Å². The largest absolute Gasteiger partial charge is 0.493 e. The van der Waals surface area contributed by atoms with Crippen LogP contribution >= 0.6 is 11.6 Å². The molecule has 1 heterocycles. The topological polar surface area (TPSA) is 81.9 Å². The maximum absolute atomic E-state index is 13.2. The highest BCUT2D eigenvalue weighted by atomic mass is 35.5. The average Bonchev–Trinajstić information content (AvgIpc) is 2.77. The summed E-state index contributed by atoms with van der Waals surface area (Å²) < 4.78 is 10.6. The first-order chi connectivity index (χ1) is 14.4. The van der Waals surface area contributed by atoms with Crippen molar-refractivity contribution in [3.8, 4) is 11.5 Å². The van der Waals surface area contributed by atoms with Crippen molar-refractivity contribution < 1.29 is 19.2 Å². The summed E-state index contributed by atoms with van der Waals surface area (Å²) in [6, 6.07) is 10.0. The molecule has 1 aliphatic heterocycles. The molecule has 3 rings (SSSR count). The third kappa shape index (κ3) is 4.84. The van der Waals surface area contributed by atoms with Gasteiger partial charge in [-0.25, -0.2) is 0 Å². The van der Waals surface area contributed by atoms with E-state index < -0.39 is 4.92 Å². The molecule has 8 heteroatoms. The number of benzene rings is 2. The molecule has 0 N–H and O–H groups in total. The lowest BCUT2D eigenvalue weighted by Gasteiger charge is -2.36. The summed E-state index contributed by atoms with van der Waals surface area (Å²) in [4.78, 5) is 25.8. The van der Waals surface area contributed by atoms with Crippen molar-refractivity contribution in [1.82, 2.24) is 4.90 Å². The van der Waals surface area contributed by atoms with E-state index in [4.69, 9.17) is 21.1 Å². The second-order valence-corrected chi connectivity index (χ2v) is 7.73. The number of amides is 1. The molecule has 1 unspecified atom stereocenters. The van der Waals surface area contributed by atoms with E-state index in [0.29, 0.717) is 18.0 Å². The second kappa shape index (κ2) is 9.80. The number of piperidine rings is 1. The molecule has 7 nitrogen and oxygen atoms in total. The van der Waals surface area contributed by atoms with Gasteiger partial charge in [-0.15, -0.1) is 0 Å². The maximum Gasteiger partial charge on any atom is 0.283 e. The van der Waals surface area contributed by atoms with E-state index in [-0.39, 0.29) is 28.2 Å². The SMILES string of the molecule is COc1ccc(CCC2CCCCN2C(=O)c2ccc(Cl)cc2[N+](=O)[O-])cc1OC. The number of nitro groups is 1. The van der Waals surface area contributed by atoms with E-state index in [1.807, 2.05) is 18.2 Å². The van der Waals surface area contributed by atoms with Crippen LogP contribution in [0.2, 0.25) is 5.02 Å². The molecule has 0 aliphatic carbocycles. The van der Waals surface area contributed by atoms with Crippen LogP contribution in [-0.4, -0.2) is 42.5 Å². The zero-order valence-corrected chi connectivity index (χ0v) is 17.9. The fraction of sp³-hybridized carbons (Fsp3) is 0.409. The normalized spacial score (nSPS) is 16.2. The fourth-order valence-electron chi connectivity index (χ4n) is 3.93. The summed E-state index contributed by atoms with van der Waals surface area (Å²) in [7, 11) is 3.20. The monoisotopic (exact) mass is 432 g/mol. The van der Waals surface area contributed by atoms with Crippen LogP contribution in [0.4, 0.5) is 5.69 Å². The van der Waals surface area contributed by atoms with Crippen LogP contribution in [0.5, 0.6) is 11.5 Å². The molecule has 1 amide bonds. The Hall–Kier alpha value is -2.80. The fourth-order valence-corrected chi connectivity index (χ4v) is 4.10. The Morgan fingerprint density at radius 1 is 1.17 bits per heavy atom. The molecule has 2 aromatic rings. The van der Waals surface area contributed by atoms with Gasteiger partial charge in [-0.05, 0) is 61.9 Å². The van der Waals surface area contributed by atoms with Crippen molar-refractivity contribution in [2.24, 2.45) is 0 Å². The minimum absolute atomic E-state index is 0.0228. The molecule has 0 bridgehead atoms. The summed E-state index contributed by atoms with van der Waals surface area (Å²) in [6.07, 6.45) is 4.32. The highest BCUT2D eigenvalue weighted by Gasteiger charge is 2.31. The van der Waals surface area contributed by atoms with Crippen LogP contribution in [-0.2, 0) is 6.42 Å². The zero-order chi connectivity index (χ0) is 21.7. The third-order valence-electron chi connectivity index (χ3n) is 5.49. The Kier molecular flexibility index (Phi) is 7.15. The molecule has 1 fully saturated rings. The molecule has 1 saturated heterocycles. The lowest BCUT2D eigenvalue weighted by molar-refractivity contribution is -0.385. The Balaban J connectivity index is 1.77. The molecule has 160 valence electrons. The number of rotatable bonds is 7. The lowest BCUT2D eigenvalue weighted by Crippen LogP contribution is -2.44. The third-order valence-corrected chi connectivity index (χ3v) is 5.72. The molecule has 2 aromatic carbocycles. The number of nitro benzene ring substituents is 1. The number of carbonyl (C=O) groups excluding carboxylic acids is 1. The summed E-state index contributed by atoms with van der Waals surface area (Å²) in [5.41, 5.74) is 0.919. The van der Waals surface area contributed by atoms with Crippen LogP contribution < -0.4 is 9.47 Å². The van der Waals surface area contributed by atoms with E-state index in [9.17, 15) is 14.9 Å². The molecule has 30 heavy (non-hydrogen) atoms. The van der Waals surface area contributed by atoms with Gasteiger partial charge in [0, 0.05) is 23.7 Å². The van der Waals surface area contributed by atoms with Crippen molar-refractivity contribution in [2.75, 3.05) is 20.8 Å². The molecule has 0 aromatic heterocycles. The van der Waals surface area contributed by atoms with Gasteiger partial charge in [0.15, 0.2) is 11.5 Å². The van der Waals surface area contributed by atoms with Crippen molar-refractivity contribution in [3.63, 3.8) is 0 Å². The minimum Gasteiger partial charge on any atom is -0.493 e. The quantitative estimate of drug-likeness (QED) is 0.459. The van der Waals surface area contributed by atoms with Gasteiger partial charge < -0.3 is 14.4 Å². The Labute approximate surface area is 180 Å². The van der Waals surface area contributed by atoms with Gasteiger partial charge in [-0.2, -0.15) is 0 Å². The maximum atomic E-state index is 13.2. The number of hydrogen-bond acceptors (Lipinski definition) is 5. The second-order valence-electron chi connectivity index (χ2n) is 7.29. The van der Waals surface area contributed by atoms with Gasteiger partial charge in [-0.1, -0.05) is 17.7 Å². The first kappa shape index (κ1) is 21.9. The average molecular weight is 433 g/mol. The summed E-state index contributed by atoms with van der Waals surface area (Å²) in [6.45, 7) is 0.592. The highest BCUT2D eigenvalue weighted by molar-refractivity contribution is 6.31. The van der Waals surface area contributed by atoms with Gasteiger partial charge in [0.05, 0.1) is 19.1 Å². The number of likely N-dealkylation sites (tertiary alicyclic amines) is 1. The van der Waals surface area contributed by atoms with Gasteiger partial charge >= 0.3 is 0 Å². The Morgan fingerprint density at radius 3 is 2.63 bits per heavy atom. The van der Waals surface area contributed by atoms with E-state index in [0.717, 1.165) is 37.7 Å². The molecular formula is C22H25ClN2O5. The first-order valence-corrected chi connectivity index (χ1v) is 10.3. The van der Waals surface area contributed by atoms with Crippen LogP contribution in [0.3, 0.4) is 0 Å². The summed E-state index contributed by atoms with van der Waals surface area (Å²) in [5.74, 6) is 1.03. The van der Waals surface area contributed by atoms with Crippen molar-refractivity contribution in [3.05, 3.63) is 62.7 Å². The number of hydrogen-bond donors (Lipinski definition) is 0. The van der Waals surface area contributed by atoms with E-state index >= 15 is 0 Å². The minimum atomic E-state index is -0.554. The number of nitrogens with zero attached hydrogens (tertiary/aromatic N) is 2. The van der Waals surface area contributed by atoms with Crippen LogP contribution in [0, 0.1) is 10.1 Å². The van der Waals surface area contributed by atoms with Crippen LogP contribution in [0.25, 0.3) is 0 Å².